The summed E-state index contributed by atoms with van der Waals surface area (Å²) in [7, 11) is 0. The molecule has 2 saturated heterocycles. The van der Waals surface area contributed by atoms with Crippen LogP contribution in [0.4, 0.5) is 16.2 Å². The Morgan fingerprint density at radius 2 is 2.04 bits per heavy atom. The molecule has 2 aliphatic heterocycles. The summed E-state index contributed by atoms with van der Waals surface area (Å²) >= 11 is 6.17. The standard InChI is InChI=1S/C19H26ClN3O3/c1-19(2)16(13-5-8-26-17(13)19)22-18(24)21-14-11-12(20)3-4-15(14)23-6-9-25-10-7-23/h3-4,11,13,16-17H,5-10H2,1-2H3,(H2,21,22,24)/t13-,16-,17-/m1/s1. The van der Waals surface area contributed by atoms with Crippen molar-refractivity contribution < 1.29 is 14.3 Å². The zero-order chi connectivity index (χ0) is 18.3. The molecule has 1 saturated carbocycles. The van der Waals surface area contributed by atoms with E-state index in [0.29, 0.717) is 24.2 Å². The van der Waals surface area contributed by atoms with E-state index in [-0.39, 0.29) is 23.6 Å². The highest BCUT2D eigenvalue weighted by molar-refractivity contribution is 6.31. The largest absolute Gasteiger partial charge is 0.378 e. The van der Waals surface area contributed by atoms with Gasteiger partial charge >= 0.3 is 6.03 Å². The Morgan fingerprint density at radius 1 is 1.27 bits per heavy atom. The van der Waals surface area contributed by atoms with Crippen LogP contribution in [-0.2, 0) is 9.47 Å². The Hall–Kier alpha value is -1.50. The molecule has 142 valence electrons. The van der Waals surface area contributed by atoms with Crippen molar-refractivity contribution in [3.05, 3.63) is 23.2 Å². The molecule has 3 fully saturated rings. The Kier molecular flexibility index (Phi) is 4.75. The number of hydrogen-bond acceptors (Lipinski definition) is 4. The van der Waals surface area contributed by atoms with E-state index in [1.807, 2.05) is 12.1 Å². The number of urea groups is 1. The fraction of sp³-hybridized carbons (Fsp3) is 0.632. The number of benzene rings is 1. The highest BCUT2D eigenvalue weighted by Crippen LogP contribution is 2.52. The molecular weight excluding hydrogens is 354 g/mol. The predicted octanol–water partition coefficient (Wildman–Crippen LogP) is 3.11. The number of amides is 2. The predicted molar refractivity (Wildman–Crippen MR) is 102 cm³/mol. The lowest BCUT2D eigenvalue weighted by atomic mass is 9.57. The van der Waals surface area contributed by atoms with Gasteiger partial charge in [0.1, 0.15) is 0 Å². The van der Waals surface area contributed by atoms with Gasteiger partial charge in [0, 0.05) is 42.1 Å². The molecule has 0 bridgehead atoms. The summed E-state index contributed by atoms with van der Waals surface area (Å²) in [6.45, 7) is 8.07. The third-order valence-electron chi connectivity index (χ3n) is 5.95. The normalized spacial score (nSPS) is 29.7. The second-order valence-electron chi connectivity index (χ2n) is 7.90. The summed E-state index contributed by atoms with van der Waals surface area (Å²) in [5.74, 6) is 0.411. The molecular formula is C19H26ClN3O3. The summed E-state index contributed by atoms with van der Waals surface area (Å²) in [4.78, 5) is 14.9. The maximum atomic E-state index is 12.7. The van der Waals surface area contributed by atoms with E-state index in [2.05, 4.69) is 29.4 Å². The monoisotopic (exact) mass is 379 g/mol. The van der Waals surface area contributed by atoms with Crippen LogP contribution in [0.5, 0.6) is 0 Å². The first-order valence-electron chi connectivity index (χ1n) is 9.28. The van der Waals surface area contributed by atoms with Gasteiger partial charge in [-0.15, -0.1) is 0 Å². The van der Waals surface area contributed by atoms with Crippen molar-refractivity contribution >= 4 is 29.0 Å². The number of fused-ring (bicyclic) bond motifs is 1. The molecule has 26 heavy (non-hydrogen) atoms. The van der Waals surface area contributed by atoms with E-state index in [1.54, 1.807) is 6.07 Å². The lowest BCUT2D eigenvalue weighted by Gasteiger charge is -2.54. The Labute approximate surface area is 159 Å². The zero-order valence-electron chi connectivity index (χ0n) is 15.3. The van der Waals surface area contributed by atoms with Crippen LogP contribution in [0.25, 0.3) is 0 Å². The smallest absolute Gasteiger partial charge is 0.319 e. The van der Waals surface area contributed by atoms with Crippen molar-refractivity contribution in [3.8, 4) is 0 Å². The van der Waals surface area contributed by atoms with Crippen molar-refractivity contribution in [1.29, 1.82) is 0 Å². The van der Waals surface area contributed by atoms with Crippen molar-refractivity contribution in [2.24, 2.45) is 11.3 Å². The van der Waals surface area contributed by atoms with Gasteiger partial charge in [0.2, 0.25) is 0 Å². The van der Waals surface area contributed by atoms with Crippen LogP contribution >= 0.6 is 11.6 Å². The number of carbonyl (C=O) groups excluding carboxylic acids is 1. The first-order valence-corrected chi connectivity index (χ1v) is 9.66. The van der Waals surface area contributed by atoms with E-state index in [4.69, 9.17) is 21.1 Å². The molecule has 7 heteroatoms. The molecule has 0 radical (unpaired) electrons. The summed E-state index contributed by atoms with van der Waals surface area (Å²) in [6, 6.07) is 5.55. The SMILES string of the molecule is CC1(C)[C@H](NC(=O)Nc2cc(Cl)ccc2N2CCOCC2)[C@H]2CCO[C@H]21. The first kappa shape index (κ1) is 17.9. The van der Waals surface area contributed by atoms with E-state index in [9.17, 15) is 4.79 Å². The first-order chi connectivity index (χ1) is 12.5. The Balaban J connectivity index is 1.46. The molecule has 2 N–H and O–H groups in total. The minimum Gasteiger partial charge on any atom is -0.378 e. The molecule has 3 aliphatic rings. The lowest BCUT2D eigenvalue weighted by molar-refractivity contribution is -0.107. The van der Waals surface area contributed by atoms with Crippen LogP contribution in [0.3, 0.4) is 0 Å². The maximum Gasteiger partial charge on any atom is 0.319 e. The fourth-order valence-corrected chi connectivity index (χ4v) is 4.78. The van der Waals surface area contributed by atoms with Crippen LogP contribution in [0.15, 0.2) is 18.2 Å². The minimum absolute atomic E-state index is 0.0418. The summed E-state index contributed by atoms with van der Waals surface area (Å²) < 4.78 is 11.2. The number of anilines is 2. The average Bonchev–Trinajstić information content (AvgIpc) is 3.08. The summed E-state index contributed by atoms with van der Waals surface area (Å²) in [6.07, 6.45) is 1.26. The number of morpholine rings is 1. The van der Waals surface area contributed by atoms with Gasteiger partial charge in [-0.1, -0.05) is 25.4 Å². The van der Waals surface area contributed by atoms with Crippen LogP contribution in [-0.4, -0.2) is 51.1 Å². The molecule has 1 aromatic rings. The van der Waals surface area contributed by atoms with Crippen LogP contribution in [0.1, 0.15) is 20.3 Å². The third kappa shape index (κ3) is 3.15. The molecule has 0 aromatic heterocycles. The molecule has 1 aliphatic carbocycles. The number of carbonyl (C=O) groups is 1. The number of hydrogen-bond donors (Lipinski definition) is 2. The van der Waals surface area contributed by atoms with Crippen molar-refractivity contribution in [2.75, 3.05) is 43.1 Å². The van der Waals surface area contributed by atoms with Crippen LogP contribution in [0.2, 0.25) is 5.02 Å². The molecule has 2 amide bonds. The summed E-state index contributed by atoms with van der Waals surface area (Å²) in [5, 5.41) is 6.77. The molecule has 4 rings (SSSR count). The third-order valence-corrected chi connectivity index (χ3v) is 6.18. The van der Waals surface area contributed by atoms with Crippen molar-refractivity contribution in [2.45, 2.75) is 32.4 Å². The molecule has 6 nitrogen and oxygen atoms in total. The number of halogens is 1. The second-order valence-corrected chi connectivity index (χ2v) is 8.34. The average molecular weight is 380 g/mol. The van der Waals surface area contributed by atoms with Gasteiger partial charge in [-0.2, -0.15) is 0 Å². The quantitative estimate of drug-likeness (QED) is 0.847. The molecule has 2 heterocycles. The molecule has 1 aromatic carbocycles. The number of ether oxygens (including phenoxy) is 2. The number of nitrogens with zero attached hydrogens (tertiary/aromatic N) is 1. The van der Waals surface area contributed by atoms with E-state index >= 15 is 0 Å². The van der Waals surface area contributed by atoms with Crippen molar-refractivity contribution in [1.82, 2.24) is 5.32 Å². The molecule has 3 atom stereocenters. The Morgan fingerprint density at radius 3 is 2.81 bits per heavy atom. The van der Waals surface area contributed by atoms with Gasteiger partial charge in [0.25, 0.3) is 0 Å². The van der Waals surface area contributed by atoms with Gasteiger partial charge < -0.3 is 25.0 Å². The van der Waals surface area contributed by atoms with Gasteiger partial charge in [-0.25, -0.2) is 4.79 Å². The van der Waals surface area contributed by atoms with Crippen LogP contribution in [0, 0.1) is 11.3 Å². The number of rotatable bonds is 3. The lowest BCUT2D eigenvalue weighted by Crippen LogP contribution is -2.67. The highest BCUT2D eigenvalue weighted by Gasteiger charge is 2.59. The van der Waals surface area contributed by atoms with E-state index < -0.39 is 0 Å². The topological polar surface area (TPSA) is 62.8 Å². The van der Waals surface area contributed by atoms with Gasteiger partial charge in [0.05, 0.1) is 30.7 Å². The van der Waals surface area contributed by atoms with Crippen LogP contribution < -0.4 is 15.5 Å². The molecule has 0 spiro atoms. The Bertz CT molecular complexity index is 691. The zero-order valence-corrected chi connectivity index (χ0v) is 16.0. The summed E-state index contributed by atoms with van der Waals surface area (Å²) in [5.41, 5.74) is 1.66. The minimum atomic E-state index is -0.190. The number of nitrogens with one attached hydrogen (secondary N) is 2. The fourth-order valence-electron chi connectivity index (χ4n) is 4.61. The maximum absolute atomic E-state index is 12.7. The van der Waals surface area contributed by atoms with E-state index in [1.165, 1.54) is 0 Å². The van der Waals surface area contributed by atoms with Gasteiger partial charge in [-0.05, 0) is 24.6 Å². The van der Waals surface area contributed by atoms with E-state index in [0.717, 1.165) is 37.5 Å². The van der Waals surface area contributed by atoms with Gasteiger partial charge in [-0.3, -0.25) is 0 Å². The van der Waals surface area contributed by atoms with Gasteiger partial charge in [0.15, 0.2) is 0 Å². The highest BCUT2D eigenvalue weighted by atomic mass is 35.5. The second kappa shape index (κ2) is 6.91. The molecule has 0 unspecified atom stereocenters. The van der Waals surface area contributed by atoms with Crippen molar-refractivity contribution in [3.63, 3.8) is 0 Å².